The Bertz CT molecular complexity index is 1080. The molecule has 0 aliphatic carbocycles. The molecule has 0 spiro atoms. The summed E-state index contributed by atoms with van der Waals surface area (Å²) in [5.41, 5.74) is 0.935. The first-order valence-electron chi connectivity index (χ1n) is 9.81. The summed E-state index contributed by atoms with van der Waals surface area (Å²) in [5, 5.41) is 0. The molecule has 1 saturated heterocycles. The number of methoxy groups -OCH3 is 1. The maximum atomic E-state index is 13.2. The Kier molecular flexibility index (Phi) is 6.71. The van der Waals surface area contributed by atoms with Crippen LogP contribution in [0.2, 0.25) is 0 Å². The molecule has 10 heteroatoms. The predicted molar refractivity (Wildman–Crippen MR) is 112 cm³/mol. The predicted octanol–water partition coefficient (Wildman–Crippen LogP) is 1.90. The molecule has 1 aromatic carbocycles. The van der Waals surface area contributed by atoms with Gasteiger partial charge in [-0.05, 0) is 38.5 Å². The van der Waals surface area contributed by atoms with E-state index in [9.17, 15) is 18.0 Å². The number of nitrogens with zero attached hydrogens (tertiary/aromatic N) is 2. The molecule has 1 aliphatic rings. The Morgan fingerprint density at radius 2 is 1.74 bits per heavy atom. The number of aryl methyl sites for hydroxylation is 3. The number of carbonyl (C=O) groups is 2. The highest BCUT2D eigenvalue weighted by molar-refractivity contribution is 7.89. The number of piperazine rings is 1. The van der Waals surface area contributed by atoms with Crippen molar-refractivity contribution in [3.63, 3.8) is 0 Å². The Balaban J connectivity index is 1.66. The summed E-state index contributed by atoms with van der Waals surface area (Å²) < 4.78 is 43.4. The summed E-state index contributed by atoms with van der Waals surface area (Å²) in [6.07, 6.45) is 0. The van der Waals surface area contributed by atoms with E-state index in [1.165, 1.54) is 25.3 Å². The number of sulfonamides is 1. The molecular formula is C21H26N2O7S. The molecule has 0 radical (unpaired) electrons. The van der Waals surface area contributed by atoms with Crippen LogP contribution in [0.4, 0.5) is 0 Å². The maximum Gasteiger partial charge on any atom is 0.342 e. The van der Waals surface area contributed by atoms with Gasteiger partial charge < -0.3 is 18.8 Å². The Hall–Kier alpha value is -2.85. The number of rotatable bonds is 6. The molecule has 0 bridgehead atoms. The highest BCUT2D eigenvalue weighted by Crippen LogP contribution is 2.30. The molecule has 0 N–H and O–H groups in total. The van der Waals surface area contributed by atoms with Gasteiger partial charge in [0.15, 0.2) is 6.61 Å². The Morgan fingerprint density at radius 3 is 2.35 bits per heavy atom. The van der Waals surface area contributed by atoms with Crippen molar-refractivity contribution < 1.29 is 31.9 Å². The van der Waals surface area contributed by atoms with Crippen LogP contribution in [0.25, 0.3) is 0 Å². The highest BCUT2D eigenvalue weighted by Gasteiger charge is 2.37. The molecule has 1 aromatic heterocycles. The molecule has 1 fully saturated rings. The topological polar surface area (TPSA) is 106 Å². The first-order chi connectivity index (χ1) is 14.6. The summed E-state index contributed by atoms with van der Waals surface area (Å²) in [5.74, 6) is -0.0668. The monoisotopic (exact) mass is 450 g/mol. The fourth-order valence-electron chi connectivity index (χ4n) is 3.56. The van der Waals surface area contributed by atoms with Gasteiger partial charge in [0.05, 0.1) is 7.11 Å². The standard InChI is InChI=1S/C21H26N2O7S/c1-14-6-5-7-17(12-14)29-13-18(24)22-8-10-23(11-9-22)31(26,27)20-16(3)30-15(2)19(20)21(25)28-4/h5-7,12H,8-11,13H2,1-4H3. The minimum Gasteiger partial charge on any atom is -0.484 e. The molecule has 1 aliphatic heterocycles. The van der Waals surface area contributed by atoms with Crippen molar-refractivity contribution in [2.45, 2.75) is 25.7 Å². The van der Waals surface area contributed by atoms with E-state index in [4.69, 9.17) is 13.9 Å². The van der Waals surface area contributed by atoms with E-state index in [1.807, 2.05) is 25.1 Å². The second-order valence-electron chi connectivity index (χ2n) is 7.30. The van der Waals surface area contributed by atoms with Crippen molar-refractivity contribution in [2.75, 3.05) is 39.9 Å². The second kappa shape index (κ2) is 9.11. The third kappa shape index (κ3) is 4.75. The minimum atomic E-state index is -4.00. The van der Waals surface area contributed by atoms with E-state index in [2.05, 4.69) is 0 Å². The lowest BCUT2D eigenvalue weighted by Crippen LogP contribution is -2.51. The lowest BCUT2D eigenvalue weighted by Gasteiger charge is -2.34. The zero-order valence-corrected chi connectivity index (χ0v) is 18.8. The number of carbonyl (C=O) groups excluding carboxylic acids is 2. The molecule has 3 rings (SSSR count). The summed E-state index contributed by atoms with van der Waals surface area (Å²) in [7, 11) is -2.81. The smallest absolute Gasteiger partial charge is 0.342 e. The number of esters is 1. The average Bonchev–Trinajstić information content (AvgIpc) is 3.06. The highest BCUT2D eigenvalue weighted by atomic mass is 32.2. The number of hydrogen-bond acceptors (Lipinski definition) is 7. The van der Waals surface area contributed by atoms with Crippen molar-refractivity contribution >= 4 is 21.9 Å². The second-order valence-corrected chi connectivity index (χ2v) is 9.17. The van der Waals surface area contributed by atoms with E-state index in [0.717, 1.165) is 5.56 Å². The number of amides is 1. The number of ether oxygens (including phenoxy) is 2. The summed E-state index contributed by atoms with van der Waals surface area (Å²) in [6.45, 7) is 5.46. The zero-order valence-electron chi connectivity index (χ0n) is 18.0. The largest absolute Gasteiger partial charge is 0.484 e. The lowest BCUT2D eigenvalue weighted by molar-refractivity contribution is -0.134. The molecule has 0 saturated carbocycles. The molecule has 1 amide bonds. The first kappa shape index (κ1) is 22.8. The lowest BCUT2D eigenvalue weighted by atomic mass is 10.2. The van der Waals surface area contributed by atoms with Gasteiger partial charge in [0.1, 0.15) is 27.7 Å². The molecule has 2 aromatic rings. The van der Waals surface area contributed by atoms with Gasteiger partial charge in [-0.3, -0.25) is 4.79 Å². The summed E-state index contributed by atoms with van der Waals surface area (Å²) in [4.78, 5) is 26.0. The van der Waals surface area contributed by atoms with E-state index in [0.29, 0.717) is 5.75 Å². The van der Waals surface area contributed by atoms with E-state index < -0.39 is 16.0 Å². The van der Waals surface area contributed by atoms with E-state index >= 15 is 0 Å². The molecule has 168 valence electrons. The van der Waals surface area contributed by atoms with Crippen LogP contribution in [0.1, 0.15) is 27.4 Å². The fraction of sp³-hybridized carbons (Fsp3) is 0.429. The van der Waals surface area contributed by atoms with Gasteiger partial charge in [-0.1, -0.05) is 12.1 Å². The number of hydrogen-bond donors (Lipinski definition) is 0. The van der Waals surface area contributed by atoms with Gasteiger partial charge in [0.2, 0.25) is 10.0 Å². The first-order valence-corrected chi connectivity index (χ1v) is 11.2. The van der Waals surface area contributed by atoms with Crippen LogP contribution in [0.15, 0.2) is 33.6 Å². The van der Waals surface area contributed by atoms with Crippen molar-refractivity contribution in [3.05, 3.63) is 46.9 Å². The van der Waals surface area contributed by atoms with Crippen LogP contribution < -0.4 is 4.74 Å². The van der Waals surface area contributed by atoms with E-state index in [-0.39, 0.29) is 60.7 Å². The van der Waals surface area contributed by atoms with Gasteiger partial charge >= 0.3 is 5.97 Å². The van der Waals surface area contributed by atoms with Crippen molar-refractivity contribution in [3.8, 4) is 5.75 Å². The van der Waals surface area contributed by atoms with Crippen LogP contribution in [0.3, 0.4) is 0 Å². The zero-order chi connectivity index (χ0) is 22.8. The van der Waals surface area contributed by atoms with Gasteiger partial charge in [0.25, 0.3) is 5.91 Å². The van der Waals surface area contributed by atoms with Crippen LogP contribution in [-0.2, 0) is 19.6 Å². The van der Waals surface area contributed by atoms with Gasteiger partial charge in [-0.15, -0.1) is 0 Å². The SMILES string of the molecule is COC(=O)c1c(C)oc(C)c1S(=O)(=O)N1CCN(C(=O)COc2cccc(C)c2)CC1. The van der Waals surface area contributed by atoms with Crippen molar-refractivity contribution in [1.29, 1.82) is 0 Å². The molecule has 0 unspecified atom stereocenters. The van der Waals surface area contributed by atoms with Gasteiger partial charge in [-0.25, -0.2) is 13.2 Å². The Morgan fingerprint density at radius 1 is 1.06 bits per heavy atom. The molecular weight excluding hydrogens is 424 g/mol. The molecule has 0 atom stereocenters. The normalized spacial score (nSPS) is 15.0. The van der Waals surface area contributed by atoms with Crippen molar-refractivity contribution in [1.82, 2.24) is 9.21 Å². The molecule has 31 heavy (non-hydrogen) atoms. The van der Waals surface area contributed by atoms with Gasteiger partial charge in [-0.2, -0.15) is 4.31 Å². The van der Waals surface area contributed by atoms with Crippen LogP contribution >= 0.6 is 0 Å². The number of benzene rings is 1. The molecule has 9 nitrogen and oxygen atoms in total. The van der Waals surface area contributed by atoms with Crippen LogP contribution in [-0.4, -0.2) is 69.4 Å². The average molecular weight is 451 g/mol. The van der Waals surface area contributed by atoms with Crippen LogP contribution in [0, 0.1) is 20.8 Å². The third-order valence-corrected chi connectivity index (χ3v) is 7.19. The minimum absolute atomic E-state index is 0.0925. The number of furan rings is 1. The van der Waals surface area contributed by atoms with E-state index in [1.54, 1.807) is 11.0 Å². The summed E-state index contributed by atoms with van der Waals surface area (Å²) in [6, 6.07) is 7.40. The Labute approximate surface area is 181 Å². The molecule has 2 heterocycles. The van der Waals surface area contributed by atoms with Crippen molar-refractivity contribution in [2.24, 2.45) is 0 Å². The van der Waals surface area contributed by atoms with Crippen LogP contribution in [0.5, 0.6) is 5.75 Å². The van der Waals surface area contributed by atoms with Gasteiger partial charge in [0, 0.05) is 26.2 Å². The fourth-order valence-corrected chi connectivity index (χ4v) is 5.35. The summed E-state index contributed by atoms with van der Waals surface area (Å²) >= 11 is 0. The maximum absolute atomic E-state index is 13.2. The third-order valence-electron chi connectivity index (χ3n) is 5.14. The quantitative estimate of drug-likeness (QED) is 0.619.